The van der Waals surface area contributed by atoms with E-state index >= 15 is 0 Å². The quantitative estimate of drug-likeness (QED) is 0.0726. The fourth-order valence-electron chi connectivity index (χ4n) is 3.35. The second-order valence-electron chi connectivity index (χ2n) is 8.64. The lowest BCUT2D eigenvalue weighted by Crippen LogP contribution is -2.17. The number of aromatic nitrogens is 12. The number of halogens is 3. The topological polar surface area (TPSA) is 245 Å². The Labute approximate surface area is 289 Å². The van der Waals surface area contributed by atoms with Crippen LogP contribution in [0, 0.1) is 13.8 Å². The molecule has 47 heavy (non-hydrogen) atoms. The minimum absolute atomic E-state index is 0.0823. The Morgan fingerprint density at radius 2 is 1.34 bits per heavy atom. The van der Waals surface area contributed by atoms with Gasteiger partial charge < -0.3 is 21.5 Å². The molecule has 0 aliphatic rings. The predicted molar refractivity (Wildman–Crippen MR) is 177 cm³/mol. The molecule has 0 radical (unpaired) electrons. The average Bonchev–Trinajstić information content (AvgIpc) is 3.87. The second-order valence-corrected chi connectivity index (χ2v) is 11.3. The van der Waals surface area contributed by atoms with Crippen LogP contribution in [0.3, 0.4) is 0 Å². The molecule has 0 fully saturated rings. The zero-order valence-corrected chi connectivity index (χ0v) is 28.2. The summed E-state index contributed by atoms with van der Waals surface area (Å²) in [5, 5.41) is 40.5. The number of hydrogen-bond donors (Lipinski definition) is 3. The van der Waals surface area contributed by atoms with Gasteiger partial charge in [0.05, 0.1) is 5.88 Å². The lowest BCUT2D eigenvalue weighted by atomic mass is 10.2. The van der Waals surface area contributed by atoms with Crippen molar-refractivity contribution in [3.63, 3.8) is 0 Å². The Morgan fingerprint density at radius 3 is 1.74 bits per heavy atom. The molecule has 244 valence electrons. The largest absolute Gasteiger partial charge is 0.409 e. The molecule has 6 rings (SSSR count). The summed E-state index contributed by atoms with van der Waals surface area (Å²) in [5.74, 6) is 3.11. The third-order valence-corrected chi connectivity index (χ3v) is 7.21. The van der Waals surface area contributed by atoms with Gasteiger partial charge in [0.25, 0.3) is 0 Å². The van der Waals surface area contributed by atoms with Gasteiger partial charge >= 0.3 is 0 Å². The van der Waals surface area contributed by atoms with Gasteiger partial charge in [-0.25, -0.2) is 4.98 Å². The smallest absolute Gasteiger partial charge is 0.203 e. The van der Waals surface area contributed by atoms with E-state index in [2.05, 4.69) is 60.1 Å². The molecule has 0 bridgehead atoms. The van der Waals surface area contributed by atoms with Crippen LogP contribution < -0.4 is 11.5 Å². The monoisotopic (exact) mass is 736 g/mol. The molecule has 0 aliphatic carbocycles. The van der Waals surface area contributed by atoms with Gasteiger partial charge in [0.1, 0.15) is 0 Å². The third kappa shape index (κ3) is 10.0. The molecule has 0 spiro atoms. The second kappa shape index (κ2) is 17.1. The zero-order valence-electron chi connectivity index (χ0n) is 24.3. The van der Waals surface area contributed by atoms with Gasteiger partial charge in [-0.3, -0.25) is 0 Å². The number of nitrogens with two attached hydrogens (primary N) is 2. The average molecular weight is 738 g/mol. The molecule has 18 nitrogen and oxygen atoms in total. The van der Waals surface area contributed by atoms with Gasteiger partial charge in [-0.1, -0.05) is 57.8 Å². The van der Waals surface area contributed by atoms with Crippen molar-refractivity contribution in [3.05, 3.63) is 93.0 Å². The predicted octanol–water partition coefficient (Wildman–Crippen LogP) is 3.67. The number of alkyl halides is 1. The normalized spacial score (nSPS) is 11.3. The molecule has 4 heterocycles. The van der Waals surface area contributed by atoms with E-state index in [4.69, 9.17) is 56.3 Å². The summed E-state index contributed by atoms with van der Waals surface area (Å²) in [6, 6.07) is 14.0. The first-order chi connectivity index (χ1) is 22.7. The zero-order chi connectivity index (χ0) is 33.8. The molecule has 0 saturated heterocycles. The van der Waals surface area contributed by atoms with Crippen LogP contribution in [0.2, 0.25) is 10.0 Å². The van der Waals surface area contributed by atoms with Crippen molar-refractivity contribution < 1.29 is 10.0 Å². The SMILES string of the molecule is Cc1nnnn1/C(=N/O)c1cccc(Cl)c1.Cc1nnnn1/C(=N/OCc1nsc(N)n1)c1cccc(Cl)c1.Nc1nc(CCl)ns1. The highest BCUT2D eigenvalue weighted by atomic mass is 35.5. The molecular formula is C24H23Cl3N16O2S2. The molecule has 0 amide bonds. The highest BCUT2D eigenvalue weighted by Crippen LogP contribution is 2.15. The number of hydrogen-bond acceptors (Lipinski definition) is 18. The number of tetrazole rings is 2. The van der Waals surface area contributed by atoms with Crippen molar-refractivity contribution in [3.8, 4) is 0 Å². The fraction of sp³-hybridized carbons (Fsp3) is 0.167. The Kier molecular flexibility index (Phi) is 12.8. The summed E-state index contributed by atoms with van der Waals surface area (Å²) in [4.78, 5) is 13.1. The van der Waals surface area contributed by atoms with E-state index in [1.807, 2.05) is 6.07 Å². The first-order valence-electron chi connectivity index (χ1n) is 12.8. The highest BCUT2D eigenvalue weighted by molar-refractivity contribution is 7.09. The van der Waals surface area contributed by atoms with E-state index in [0.717, 1.165) is 23.1 Å². The van der Waals surface area contributed by atoms with Crippen molar-refractivity contribution in [1.82, 2.24) is 59.1 Å². The summed E-state index contributed by atoms with van der Waals surface area (Å²) in [6.07, 6.45) is 0. The minimum atomic E-state index is 0.0823. The summed E-state index contributed by atoms with van der Waals surface area (Å²) < 4.78 is 10.6. The van der Waals surface area contributed by atoms with Crippen molar-refractivity contribution in [2.75, 3.05) is 11.5 Å². The summed E-state index contributed by atoms with van der Waals surface area (Å²) in [5.41, 5.74) is 12.1. The van der Waals surface area contributed by atoms with Gasteiger partial charge in [0, 0.05) is 44.2 Å². The van der Waals surface area contributed by atoms with E-state index in [9.17, 15) is 0 Å². The van der Waals surface area contributed by atoms with E-state index in [-0.39, 0.29) is 12.4 Å². The van der Waals surface area contributed by atoms with Gasteiger partial charge in [-0.15, -0.1) is 21.8 Å². The van der Waals surface area contributed by atoms with E-state index < -0.39 is 0 Å². The highest BCUT2D eigenvalue weighted by Gasteiger charge is 2.14. The summed E-state index contributed by atoms with van der Waals surface area (Å²) in [6.45, 7) is 3.54. The molecule has 6 aromatic rings. The Hall–Kier alpha value is -4.89. The Bertz CT molecular complexity index is 1960. The van der Waals surface area contributed by atoms with Crippen LogP contribution in [-0.2, 0) is 17.3 Å². The fourth-order valence-corrected chi connectivity index (χ4v) is 4.81. The molecule has 0 aliphatic heterocycles. The molecule has 2 aromatic carbocycles. The van der Waals surface area contributed by atoms with Crippen molar-refractivity contribution in [1.29, 1.82) is 0 Å². The van der Waals surface area contributed by atoms with E-state index in [0.29, 0.717) is 66.4 Å². The van der Waals surface area contributed by atoms with Crippen molar-refractivity contribution >= 4 is 79.8 Å². The molecule has 23 heteroatoms. The maximum absolute atomic E-state index is 9.00. The maximum atomic E-state index is 9.00. The van der Waals surface area contributed by atoms with Crippen LogP contribution in [0.15, 0.2) is 58.8 Å². The number of benzene rings is 2. The first-order valence-corrected chi connectivity index (χ1v) is 15.7. The van der Waals surface area contributed by atoms with Crippen LogP contribution >= 0.6 is 57.9 Å². The van der Waals surface area contributed by atoms with Gasteiger partial charge in [-0.2, -0.15) is 23.1 Å². The van der Waals surface area contributed by atoms with Gasteiger partial charge in [-0.05, 0) is 59.0 Å². The number of anilines is 2. The Morgan fingerprint density at radius 1 is 0.830 bits per heavy atom. The van der Waals surface area contributed by atoms with Crippen LogP contribution in [0.1, 0.15) is 34.4 Å². The number of aryl methyl sites for hydroxylation is 2. The number of rotatable bonds is 6. The van der Waals surface area contributed by atoms with Crippen molar-refractivity contribution in [2.45, 2.75) is 26.3 Å². The number of nitrogens with zero attached hydrogens (tertiary/aromatic N) is 14. The summed E-state index contributed by atoms with van der Waals surface area (Å²) >= 11 is 19.5. The van der Waals surface area contributed by atoms with Crippen molar-refractivity contribution in [2.24, 2.45) is 10.3 Å². The lowest BCUT2D eigenvalue weighted by molar-refractivity contribution is 0.124. The maximum Gasteiger partial charge on any atom is 0.203 e. The Balaban J connectivity index is 0.000000180. The molecule has 5 N–H and O–H groups in total. The van der Waals surface area contributed by atoms with E-state index in [1.54, 1.807) is 56.3 Å². The van der Waals surface area contributed by atoms with Gasteiger partial charge in [0.15, 0.2) is 40.2 Å². The summed E-state index contributed by atoms with van der Waals surface area (Å²) in [7, 11) is 0. The molecule has 0 atom stereocenters. The lowest BCUT2D eigenvalue weighted by Gasteiger charge is -2.07. The molecule has 4 aromatic heterocycles. The number of oxime groups is 2. The van der Waals surface area contributed by atoms with Gasteiger partial charge in [0.2, 0.25) is 11.7 Å². The van der Waals surface area contributed by atoms with Crippen LogP contribution in [0.5, 0.6) is 0 Å². The van der Waals surface area contributed by atoms with Crippen LogP contribution in [-0.4, -0.2) is 76.0 Å². The number of nitrogen functional groups attached to an aromatic ring is 2. The molecule has 0 saturated carbocycles. The third-order valence-electron chi connectivity index (χ3n) is 5.34. The van der Waals surface area contributed by atoms with E-state index in [1.165, 1.54) is 9.36 Å². The molecule has 0 unspecified atom stereocenters. The van der Waals surface area contributed by atoms with Crippen LogP contribution in [0.4, 0.5) is 10.3 Å². The standard InChI is InChI=1S/C12H11ClN8OS.C9H8ClN5O.C3H4ClN3S/c1-7-16-19-20-21(7)11(8-3-2-4-9(13)5-8)17-22-6-10-15-12(14)23-18-10;1-6-11-13-14-15(6)9(12-16)7-3-2-4-8(10)5-7;4-1-2-6-3(5)8-7-2/h2-5H,6H2,1H3,(H2,14,15,18);2-5,16H,1H3;1H2,(H2,5,6,7)/b17-11+;12-9+;. The first kappa shape index (κ1) is 35.0. The minimum Gasteiger partial charge on any atom is -0.409 e. The molecular weight excluding hydrogens is 715 g/mol. The van der Waals surface area contributed by atoms with Crippen LogP contribution in [0.25, 0.3) is 0 Å².